The van der Waals surface area contributed by atoms with Gasteiger partial charge in [-0.15, -0.1) is 11.3 Å². The number of carbonyl (C=O) groups is 2. The number of likely N-dealkylation sites (tertiary alicyclic amines) is 1. The molecule has 0 radical (unpaired) electrons. The summed E-state index contributed by atoms with van der Waals surface area (Å²) >= 11 is 1.75. The Kier molecular flexibility index (Phi) is 6.55. The molecule has 0 unspecified atom stereocenters. The highest BCUT2D eigenvalue weighted by atomic mass is 32.1. The van der Waals surface area contributed by atoms with Crippen LogP contribution in [0.15, 0.2) is 54.6 Å². The molecule has 3 aromatic rings. The maximum Gasteiger partial charge on any atom is 0.321 e. The molecular formula is C25H29N5O2S. The van der Waals surface area contributed by atoms with Crippen molar-refractivity contribution in [3.05, 3.63) is 59.6 Å². The number of hydrogen-bond acceptors (Lipinski definition) is 5. The molecule has 2 fully saturated rings. The number of para-hydroxylation sites is 2. The largest absolute Gasteiger partial charge is 0.341 e. The maximum atomic E-state index is 13.0. The quantitative estimate of drug-likeness (QED) is 0.638. The van der Waals surface area contributed by atoms with Gasteiger partial charge in [0, 0.05) is 50.9 Å². The summed E-state index contributed by atoms with van der Waals surface area (Å²) in [5.74, 6) is 0.502. The van der Waals surface area contributed by atoms with Crippen LogP contribution in [0.4, 0.5) is 10.5 Å². The van der Waals surface area contributed by atoms with Crippen LogP contribution in [0.3, 0.4) is 0 Å². The Bertz CT molecular complexity index is 1080. The lowest BCUT2D eigenvalue weighted by atomic mass is 9.98. The van der Waals surface area contributed by atoms with Crippen molar-refractivity contribution in [2.45, 2.75) is 18.8 Å². The third kappa shape index (κ3) is 5.17. The van der Waals surface area contributed by atoms with E-state index in [0.29, 0.717) is 38.6 Å². The van der Waals surface area contributed by atoms with E-state index in [1.165, 1.54) is 4.70 Å². The molecule has 7 nitrogen and oxygen atoms in total. The molecule has 8 heteroatoms. The summed E-state index contributed by atoms with van der Waals surface area (Å²) in [5.41, 5.74) is 1.85. The van der Waals surface area contributed by atoms with Gasteiger partial charge in [0.15, 0.2) is 0 Å². The van der Waals surface area contributed by atoms with E-state index in [4.69, 9.17) is 4.98 Å². The zero-order chi connectivity index (χ0) is 22.6. The van der Waals surface area contributed by atoms with Crippen LogP contribution in [0, 0.1) is 0 Å². The lowest BCUT2D eigenvalue weighted by molar-refractivity contribution is -0.134. The molecule has 1 aromatic heterocycles. The van der Waals surface area contributed by atoms with Crippen molar-refractivity contribution in [1.29, 1.82) is 0 Å². The van der Waals surface area contributed by atoms with Crippen LogP contribution in [0.1, 0.15) is 23.8 Å². The van der Waals surface area contributed by atoms with Crippen LogP contribution in [0.2, 0.25) is 0 Å². The standard InChI is InChI=1S/C25H29N5O2S/c31-23(18-28-13-15-29(16-14-28)25(32)26-20-8-2-1-3-9-20)30-12-6-7-19(17-30)24-27-21-10-4-5-11-22(21)33-24/h1-5,8-11,19H,6-7,12-18H2,(H,26,32)/t19-/m1/s1. The van der Waals surface area contributed by atoms with Crippen LogP contribution in [-0.2, 0) is 4.79 Å². The molecule has 3 heterocycles. The molecule has 33 heavy (non-hydrogen) atoms. The zero-order valence-electron chi connectivity index (χ0n) is 18.7. The molecule has 5 rings (SSSR count). The summed E-state index contributed by atoms with van der Waals surface area (Å²) in [6.07, 6.45) is 2.10. The number of fused-ring (bicyclic) bond motifs is 1. The predicted molar refractivity (Wildman–Crippen MR) is 132 cm³/mol. The lowest BCUT2D eigenvalue weighted by Gasteiger charge is -2.37. The Hall–Kier alpha value is -2.97. The number of thiazole rings is 1. The third-order valence-corrected chi connectivity index (χ3v) is 7.68. The van der Waals surface area contributed by atoms with Crippen LogP contribution in [0.5, 0.6) is 0 Å². The minimum atomic E-state index is -0.0816. The molecule has 2 saturated heterocycles. The number of urea groups is 1. The summed E-state index contributed by atoms with van der Waals surface area (Å²) in [5, 5.41) is 4.08. The average molecular weight is 464 g/mol. The molecule has 2 aromatic carbocycles. The highest BCUT2D eigenvalue weighted by Crippen LogP contribution is 2.33. The Morgan fingerprint density at radius 1 is 0.939 bits per heavy atom. The molecule has 2 aliphatic heterocycles. The van der Waals surface area contributed by atoms with Gasteiger partial charge in [-0.3, -0.25) is 9.69 Å². The van der Waals surface area contributed by atoms with Crippen molar-refractivity contribution in [1.82, 2.24) is 19.7 Å². The van der Waals surface area contributed by atoms with Crippen LogP contribution < -0.4 is 5.32 Å². The Balaban J connectivity index is 1.11. The fraction of sp³-hybridized carbons (Fsp3) is 0.400. The van der Waals surface area contributed by atoms with Gasteiger partial charge in [-0.1, -0.05) is 30.3 Å². The number of anilines is 1. The molecule has 0 saturated carbocycles. The maximum absolute atomic E-state index is 13.0. The molecular weight excluding hydrogens is 434 g/mol. The van der Waals surface area contributed by atoms with E-state index in [1.807, 2.05) is 52.3 Å². The van der Waals surface area contributed by atoms with Crippen LogP contribution >= 0.6 is 11.3 Å². The second-order valence-electron chi connectivity index (χ2n) is 8.76. The first kappa shape index (κ1) is 21.9. The number of piperazine rings is 1. The highest BCUT2D eigenvalue weighted by molar-refractivity contribution is 7.18. The zero-order valence-corrected chi connectivity index (χ0v) is 19.5. The van der Waals surface area contributed by atoms with E-state index in [2.05, 4.69) is 22.3 Å². The van der Waals surface area contributed by atoms with Gasteiger partial charge in [0.2, 0.25) is 5.91 Å². The fourth-order valence-electron chi connectivity index (χ4n) is 4.59. The number of carbonyl (C=O) groups excluding carboxylic acids is 2. The fourth-order valence-corrected chi connectivity index (χ4v) is 5.69. The van der Waals surface area contributed by atoms with Crippen molar-refractivity contribution < 1.29 is 9.59 Å². The molecule has 0 aliphatic carbocycles. The number of hydrogen-bond donors (Lipinski definition) is 1. The van der Waals surface area contributed by atoms with E-state index in [-0.39, 0.29) is 11.9 Å². The van der Waals surface area contributed by atoms with Crippen molar-refractivity contribution in [3.8, 4) is 0 Å². The second-order valence-corrected chi connectivity index (χ2v) is 9.82. The van der Waals surface area contributed by atoms with E-state index in [1.54, 1.807) is 11.3 Å². The molecule has 3 amide bonds. The summed E-state index contributed by atoms with van der Waals surface area (Å²) in [6, 6.07) is 17.7. The van der Waals surface area contributed by atoms with Gasteiger partial charge in [-0.05, 0) is 37.1 Å². The van der Waals surface area contributed by atoms with Gasteiger partial charge in [-0.2, -0.15) is 0 Å². The van der Waals surface area contributed by atoms with Crippen molar-refractivity contribution in [2.75, 3.05) is 51.1 Å². The summed E-state index contributed by atoms with van der Waals surface area (Å²) in [4.78, 5) is 36.4. The van der Waals surface area contributed by atoms with Crippen molar-refractivity contribution in [2.24, 2.45) is 0 Å². The minimum Gasteiger partial charge on any atom is -0.341 e. The van der Waals surface area contributed by atoms with E-state index in [0.717, 1.165) is 42.1 Å². The number of nitrogens with one attached hydrogen (secondary N) is 1. The third-order valence-electron chi connectivity index (χ3n) is 6.48. The monoisotopic (exact) mass is 463 g/mol. The van der Waals surface area contributed by atoms with Crippen LogP contribution in [0.25, 0.3) is 10.2 Å². The van der Waals surface area contributed by atoms with Crippen LogP contribution in [-0.4, -0.2) is 77.4 Å². The molecule has 2 aliphatic rings. The second kappa shape index (κ2) is 9.89. The van der Waals surface area contributed by atoms with Gasteiger partial charge in [-0.25, -0.2) is 9.78 Å². The van der Waals surface area contributed by atoms with Gasteiger partial charge in [0.05, 0.1) is 21.8 Å². The first-order valence-corrected chi connectivity index (χ1v) is 12.4. The first-order chi connectivity index (χ1) is 16.2. The van der Waals surface area contributed by atoms with Gasteiger partial charge < -0.3 is 15.1 Å². The molecule has 1 atom stereocenters. The summed E-state index contributed by atoms with van der Waals surface area (Å²) < 4.78 is 1.21. The smallest absolute Gasteiger partial charge is 0.321 e. The molecule has 0 spiro atoms. The number of piperidine rings is 1. The number of benzene rings is 2. The highest BCUT2D eigenvalue weighted by Gasteiger charge is 2.29. The average Bonchev–Trinajstić information content (AvgIpc) is 3.30. The van der Waals surface area contributed by atoms with Gasteiger partial charge in [0.1, 0.15) is 0 Å². The number of nitrogens with zero attached hydrogens (tertiary/aromatic N) is 4. The Morgan fingerprint density at radius 3 is 2.48 bits per heavy atom. The summed E-state index contributed by atoms with van der Waals surface area (Å²) in [6.45, 7) is 4.66. The van der Waals surface area contributed by atoms with Gasteiger partial charge in [0.25, 0.3) is 0 Å². The Labute approximate surface area is 198 Å². The lowest BCUT2D eigenvalue weighted by Crippen LogP contribution is -2.53. The normalized spacial score (nSPS) is 19.6. The predicted octanol–water partition coefficient (Wildman–Crippen LogP) is 3.85. The Morgan fingerprint density at radius 2 is 1.70 bits per heavy atom. The topological polar surface area (TPSA) is 68.8 Å². The number of rotatable bonds is 4. The van der Waals surface area contributed by atoms with E-state index < -0.39 is 0 Å². The first-order valence-electron chi connectivity index (χ1n) is 11.6. The minimum absolute atomic E-state index is 0.0816. The van der Waals surface area contributed by atoms with Crippen molar-refractivity contribution in [3.63, 3.8) is 0 Å². The molecule has 0 bridgehead atoms. The number of amides is 3. The van der Waals surface area contributed by atoms with E-state index in [9.17, 15) is 9.59 Å². The molecule has 172 valence electrons. The SMILES string of the molecule is O=C(CN1CCN(C(=O)Nc2ccccc2)CC1)N1CCC[C@@H](c2nc3ccccc3s2)C1. The number of aromatic nitrogens is 1. The molecule has 1 N–H and O–H groups in total. The van der Waals surface area contributed by atoms with Gasteiger partial charge >= 0.3 is 6.03 Å². The van der Waals surface area contributed by atoms with E-state index >= 15 is 0 Å². The van der Waals surface area contributed by atoms with Crippen molar-refractivity contribution >= 4 is 39.2 Å². The summed E-state index contributed by atoms with van der Waals surface area (Å²) in [7, 11) is 0.